The molecule has 0 spiro atoms. The number of nitrogens with one attached hydrogen (secondary N) is 1. The number of rotatable bonds is 9. The monoisotopic (exact) mass is 426 g/mol. The molecule has 1 N–H and O–H groups in total. The second-order valence-corrected chi connectivity index (χ2v) is 6.73. The molecule has 2 aromatic carbocycles. The third-order valence-corrected chi connectivity index (χ3v) is 4.58. The van der Waals surface area contributed by atoms with Crippen molar-refractivity contribution in [2.75, 3.05) is 13.7 Å². The summed E-state index contributed by atoms with van der Waals surface area (Å²) in [5.74, 6) is -2.47. The van der Waals surface area contributed by atoms with Gasteiger partial charge in [-0.15, -0.1) is 0 Å². The molecule has 0 fully saturated rings. The van der Waals surface area contributed by atoms with Crippen molar-refractivity contribution in [3.8, 4) is 0 Å². The molecule has 31 heavy (non-hydrogen) atoms. The third kappa shape index (κ3) is 5.81. The maximum Gasteiger partial charge on any atom is 0.419 e. The van der Waals surface area contributed by atoms with Crippen molar-refractivity contribution in [3.05, 3.63) is 70.7 Å². The van der Waals surface area contributed by atoms with Gasteiger partial charge in [-0.2, -0.15) is 0 Å². The molecule has 0 bridgehead atoms. The number of esters is 2. The molecule has 1 heterocycles. The lowest BCUT2D eigenvalue weighted by molar-refractivity contribution is -0.150. The second-order valence-electron chi connectivity index (χ2n) is 6.73. The van der Waals surface area contributed by atoms with Crippen molar-refractivity contribution in [3.63, 3.8) is 0 Å². The number of hydrogen-bond acceptors (Lipinski definition) is 7. The van der Waals surface area contributed by atoms with Crippen LogP contribution in [0.1, 0.15) is 12.0 Å². The molecular weight excluding hydrogens is 404 g/mol. The van der Waals surface area contributed by atoms with Gasteiger partial charge < -0.3 is 19.2 Å². The number of methoxy groups -OCH3 is 1. The molecule has 3 aromatic rings. The van der Waals surface area contributed by atoms with Crippen LogP contribution in [0.5, 0.6) is 0 Å². The number of carbonyl (C=O) groups is 3. The van der Waals surface area contributed by atoms with Crippen LogP contribution >= 0.6 is 0 Å². The molecule has 0 radical (unpaired) electrons. The van der Waals surface area contributed by atoms with E-state index in [1.54, 1.807) is 24.3 Å². The first-order chi connectivity index (χ1) is 15.0. The number of oxazole rings is 1. The van der Waals surface area contributed by atoms with Crippen LogP contribution in [-0.2, 0) is 36.8 Å². The number of ether oxygens (including phenoxy) is 2. The zero-order valence-corrected chi connectivity index (χ0v) is 16.9. The molecule has 1 aromatic heterocycles. The van der Waals surface area contributed by atoms with Crippen LogP contribution in [0.25, 0.3) is 11.1 Å². The van der Waals surface area contributed by atoms with Gasteiger partial charge in [-0.25, -0.2) is 9.59 Å². The van der Waals surface area contributed by atoms with Gasteiger partial charge >= 0.3 is 17.7 Å². The Morgan fingerprint density at radius 2 is 1.77 bits per heavy atom. The lowest BCUT2D eigenvalue weighted by atomic mass is 10.1. The maximum atomic E-state index is 12.2. The Bertz CT molecular complexity index is 1120. The van der Waals surface area contributed by atoms with E-state index in [-0.39, 0.29) is 19.4 Å². The zero-order chi connectivity index (χ0) is 22.2. The number of carbonyl (C=O) groups excluding carboxylic acids is 3. The van der Waals surface area contributed by atoms with E-state index in [0.29, 0.717) is 11.1 Å². The van der Waals surface area contributed by atoms with Gasteiger partial charge in [0, 0.05) is 13.0 Å². The van der Waals surface area contributed by atoms with E-state index in [1.165, 1.54) is 11.7 Å². The highest BCUT2D eigenvalue weighted by atomic mass is 16.5. The Morgan fingerprint density at radius 3 is 2.52 bits per heavy atom. The molecule has 0 aliphatic rings. The molecule has 0 saturated heterocycles. The van der Waals surface area contributed by atoms with E-state index >= 15 is 0 Å². The number of benzene rings is 2. The molecule has 0 saturated carbocycles. The van der Waals surface area contributed by atoms with Crippen molar-refractivity contribution in [2.24, 2.45) is 0 Å². The summed E-state index contributed by atoms with van der Waals surface area (Å²) >= 11 is 0. The number of para-hydroxylation sites is 2. The average Bonchev–Trinajstić information content (AvgIpc) is 3.10. The van der Waals surface area contributed by atoms with E-state index in [1.807, 2.05) is 30.3 Å². The Labute approximate surface area is 177 Å². The van der Waals surface area contributed by atoms with Gasteiger partial charge in [-0.3, -0.25) is 14.2 Å². The normalized spacial score (nSPS) is 11.6. The summed E-state index contributed by atoms with van der Waals surface area (Å²) in [6.07, 6.45) is 0.116. The number of aryl methyl sites for hydroxylation is 1. The summed E-state index contributed by atoms with van der Waals surface area (Å²) in [5.41, 5.74) is 1.83. The Hall–Kier alpha value is -3.88. The summed E-state index contributed by atoms with van der Waals surface area (Å²) in [6.45, 7) is -0.503. The van der Waals surface area contributed by atoms with Gasteiger partial charge in [0.25, 0.3) is 5.91 Å². The molecular formula is C22H22N2O7. The van der Waals surface area contributed by atoms with Crippen molar-refractivity contribution in [2.45, 2.75) is 25.4 Å². The number of aromatic nitrogens is 1. The predicted molar refractivity (Wildman–Crippen MR) is 110 cm³/mol. The fourth-order valence-corrected chi connectivity index (χ4v) is 3.07. The van der Waals surface area contributed by atoms with Gasteiger partial charge in [0.2, 0.25) is 0 Å². The number of amides is 1. The van der Waals surface area contributed by atoms with Gasteiger partial charge in [0.1, 0.15) is 6.04 Å². The summed E-state index contributed by atoms with van der Waals surface area (Å²) < 4.78 is 16.1. The van der Waals surface area contributed by atoms with Gasteiger partial charge in [-0.05, 0) is 17.7 Å². The summed E-state index contributed by atoms with van der Waals surface area (Å²) in [4.78, 5) is 48.1. The smallest absolute Gasteiger partial charge is 0.419 e. The van der Waals surface area contributed by atoms with E-state index < -0.39 is 36.3 Å². The molecule has 3 rings (SSSR count). The zero-order valence-electron chi connectivity index (χ0n) is 16.9. The molecule has 1 atom stereocenters. The van der Waals surface area contributed by atoms with Crippen LogP contribution < -0.4 is 11.1 Å². The Morgan fingerprint density at radius 1 is 1.06 bits per heavy atom. The van der Waals surface area contributed by atoms with Crippen LogP contribution in [0, 0.1) is 0 Å². The van der Waals surface area contributed by atoms with Crippen molar-refractivity contribution >= 4 is 28.9 Å². The number of nitrogens with zero attached hydrogens (tertiary/aromatic N) is 1. The molecule has 1 amide bonds. The van der Waals surface area contributed by atoms with E-state index in [2.05, 4.69) is 5.32 Å². The predicted octanol–water partition coefficient (Wildman–Crippen LogP) is 1.43. The summed E-state index contributed by atoms with van der Waals surface area (Å²) in [6, 6.07) is 15.1. The minimum atomic E-state index is -0.908. The largest absolute Gasteiger partial charge is 0.467 e. The lowest BCUT2D eigenvalue weighted by Crippen LogP contribution is -2.44. The van der Waals surface area contributed by atoms with E-state index in [9.17, 15) is 19.2 Å². The van der Waals surface area contributed by atoms with Crippen LogP contribution in [-0.4, -0.2) is 42.2 Å². The first-order valence-electron chi connectivity index (χ1n) is 9.63. The van der Waals surface area contributed by atoms with Crippen LogP contribution in [0.3, 0.4) is 0 Å². The number of fused-ring (bicyclic) bond motifs is 1. The lowest BCUT2D eigenvalue weighted by Gasteiger charge is -2.16. The van der Waals surface area contributed by atoms with Crippen LogP contribution in [0.4, 0.5) is 0 Å². The first kappa shape index (κ1) is 21.8. The number of hydrogen-bond donors (Lipinski definition) is 1. The second kappa shape index (κ2) is 10.2. The average molecular weight is 426 g/mol. The van der Waals surface area contributed by atoms with Gasteiger partial charge in [-0.1, -0.05) is 42.5 Å². The highest BCUT2D eigenvalue weighted by Crippen LogP contribution is 2.12. The highest BCUT2D eigenvalue weighted by molar-refractivity contribution is 5.86. The Balaban J connectivity index is 1.50. The quantitative estimate of drug-likeness (QED) is 0.515. The fraction of sp³-hybridized carbons (Fsp3) is 0.273. The van der Waals surface area contributed by atoms with Gasteiger partial charge in [0.15, 0.2) is 12.2 Å². The maximum absolute atomic E-state index is 12.2. The molecule has 162 valence electrons. The molecule has 1 unspecified atom stereocenters. The first-order valence-corrected chi connectivity index (χ1v) is 9.63. The molecule has 0 aliphatic carbocycles. The fourth-order valence-electron chi connectivity index (χ4n) is 3.07. The summed E-state index contributed by atoms with van der Waals surface area (Å²) in [5, 5.41) is 2.51. The minimum absolute atomic E-state index is 0.0507. The van der Waals surface area contributed by atoms with Crippen molar-refractivity contribution in [1.29, 1.82) is 0 Å². The van der Waals surface area contributed by atoms with E-state index in [0.717, 1.165) is 5.56 Å². The molecule has 9 nitrogen and oxygen atoms in total. The van der Waals surface area contributed by atoms with Crippen LogP contribution in [0.15, 0.2) is 63.8 Å². The topological polar surface area (TPSA) is 117 Å². The highest BCUT2D eigenvalue weighted by Gasteiger charge is 2.22. The third-order valence-electron chi connectivity index (χ3n) is 4.58. The standard InChI is InChI=1S/C22H22N2O7/c1-29-21(27)16(13-15-7-3-2-4-8-15)23-19(25)14-30-20(26)11-12-24-17-9-5-6-10-18(17)31-22(24)28/h2-10,16H,11-14H2,1H3,(H,23,25). The minimum Gasteiger partial charge on any atom is -0.467 e. The van der Waals surface area contributed by atoms with Crippen molar-refractivity contribution in [1.82, 2.24) is 9.88 Å². The van der Waals surface area contributed by atoms with Gasteiger partial charge in [0.05, 0.1) is 19.0 Å². The van der Waals surface area contributed by atoms with E-state index in [4.69, 9.17) is 13.9 Å². The molecule has 0 aliphatic heterocycles. The molecule has 9 heteroatoms. The van der Waals surface area contributed by atoms with Crippen molar-refractivity contribution < 1.29 is 28.3 Å². The Kier molecular flexibility index (Phi) is 7.21. The van der Waals surface area contributed by atoms with Crippen LogP contribution in [0.2, 0.25) is 0 Å². The SMILES string of the molecule is COC(=O)C(Cc1ccccc1)NC(=O)COC(=O)CCn1c(=O)oc2ccccc21. The summed E-state index contributed by atoms with van der Waals surface area (Å²) in [7, 11) is 1.23.